The van der Waals surface area contributed by atoms with Gasteiger partial charge in [0.1, 0.15) is 5.25 Å². The predicted octanol–water partition coefficient (Wildman–Crippen LogP) is 4.34. The number of methoxy groups -OCH3 is 1. The van der Waals surface area contributed by atoms with Crippen LogP contribution >= 0.6 is 11.8 Å². The summed E-state index contributed by atoms with van der Waals surface area (Å²) in [6.07, 6.45) is 6.91. The van der Waals surface area contributed by atoms with Crippen molar-refractivity contribution in [3.05, 3.63) is 34.6 Å². The quantitative estimate of drug-likeness (QED) is 0.410. The number of carbonyl (C=O) groups excluding carboxylic acids is 1. The molecule has 1 atom stereocenters. The SMILES string of the molecule is CCCCC(Sc1nc2ccccc2c(=O)n1C1CCCC1)C(=O)OC. The monoisotopic (exact) mass is 374 g/mol. The summed E-state index contributed by atoms with van der Waals surface area (Å²) in [4.78, 5) is 30.2. The first-order valence-corrected chi connectivity index (χ1v) is 10.3. The molecule has 140 valence electrons. The molecule has 0 N–H and O–H groups in total. The van der Waals surface area contributed by atoms with Gasteiger partial charge in [0.15, 0.2) is 5.16 Å². The lowest BCUT2D eigenvalue weighted by Crippen LogP contribution is -2.28. The van der Waals surface area contributed by atoms with Crippen LogP contribution in [-0.2, 0) is 9.53 Å². The maximum atomic E-state index is 13.2. The van der Waals surface area contributed by atoms with Crippen LogP contribution < -0.4 is 5.56 Å². The van der Waals surface area contributed by atoms with Crippen LogP contribution in [0.25, 0.3) is 10.9 Å². The Bertz CT molecular complexity index is 827. The van der Waals surface area contributed by atoms with Crippen molar-refractivity contribution in [3.8, 4) is 0 Å². The third-order valence-corrected chi connectivity index (χ3v) is 6.21. The number of ether oxygens (including phenoxy) is 1. The lowest BCUT2D eigenvalue weighted by atomic mass is 10.2. The van der Waals surface area contributed by atoms with E-state index in [0.717, 1.165) is 44.9 Å². The Labute approximate surface area is 158 Å². The molecular weight excluding hydrogens is 348 g/mol. The van der Waals surface area contributed by atoms with Crippen LogP contribution in [0.15, 0.2) is 34.2 Å². The topological polar surface area (TPSA) is 61.2 Å². The van der Waals surface area contributed by atoms with Gasteiger partial charge in [-0.05, 0) is 31.4 Å². The van der Waals surface area contributed by atoms with E-state index < -0.39 is 0 Å². The summed E-state index contributed by atoms with van der Waals surface area (Å²) in [5, 5.41) is 0.958. The third-order valence-electron chi connectivity index (χ3n) is 5.00. The van der Waals surface area contributed by atoms with Crippen LogP contribution in [0.2, 0.25) is 0 Å². The summed E-state index contributed by atoms with van der Waals surface area (Å²) < 4.78 is 6.82. The van der Waals surface area contributed by atoms with Crippen molar-refractivity contribution in [3.63, 3.8) is 0 Å². The van der Waals surface area contributed by atoms with Gasteiger partial charge < -0.3 is 4.74 Å². The molecule has 3 rings (SSSR count). The number of nitrogens with zero attached hydrogens (tertiary/aromatic N) is 2. The average Bonchev–Trinajstić information content (AvgIpc) is 3.18. The second-order valence-electron chi connectivity index (χ2n) is 6.80. The molecule has 1 heterocycles. The van der Waals surface area contributed by atoms with E-state index in [1.54, 1.807) is 0 Å². The molecular formula is C20H26N2O3S. The standard InChI is InChI=1S/C20H26N2O3S/c1-3-4-13-17(19(24)25-2)26-20-21-16-12-8-7-11-15(16)18(23)22(20)14-9-5-6-10-14/h7-8,11-12,14,17H,3-6,9-10,13H2,1-2H3. The number of aromatic nitrogens is 2. The first-order chi connectivity index (χ1) is 12.7. The van der Waals surface area contributed by atoms with E-state index in [9.17, 15) is 9.59 Å². The summed E-state index contributed by atoms with van der Waals surface area (Å²) in [5.41, 5.74) is 0.692. The zero-order valence-corrected chi connectivity index (χ0v) is 16.3. The first kappa shape index (κ1) is 19.0. The highest BCUT2D eigenvalue weighted by atomic mass is 32.2. The van der Waals surface area contributed by atoms with Gasteiger partial charge in [0.25, 0.3) is 5.56 Å². The molecule has 1 unspecified atom stereocenters. The van der Waals surface area contributed by atoms with Gasteiger partial charge >= 0.3 is 5.97 Å². The Kier molecular flexibility index (Phi) is 6.35. The lowest BCUT2D eigenvalue weighted by molar-refractivity contribution is -0.140. The van der Waals surface area contributed by atoms with E-state index in [1.807, 2.05) is 28.8 Å². The van der Waals surface area contributed by atoms with Crippen molar-refractivity contribution in [2.24, 2.45) is 0 Å². The van der Waals surface area contributed by atoms with Gasteiger partial charge in [0.05, 0.1) is 18.0 Å². The molecule has 0 amide bonds. The van der Waals surface area contributed by atoms with E-state index in [-0.39, 0.29) is 22.8 Å². The van der Waals surface area contributed by atoms with Crippen molar-refractivity contribution >= 4 is 28.6 Å². The highest BCUT2D eigenvalue weighted by molar-refractivity contribution is 8.00. The number of hydrogen-bond donors (Lipinski definition) is 0. The number of para-hydroxylation sites is 1. The number of hydrogen-bond acceptors (Lipinski definition) is 5. The van der Waals surface area contributed by atoms with Crippen LogP contribution in [0.1, 0.15) is 57.9 Å². The smallest absolute Gasteiger partial charge is 0.319 e. The summed E-state index contributed by atoms with van der Waals surface area (Å²) in [7, 11) is 1.42. The minimum absolute atomic E-state index is 0.00380. The van der Waals surface area contributed by atoms with E-state index in [1.165, 1.54) is 18.9 Å². The summed E-state index contributed by atoms with van der Waals surface area (Å²) in [6, 6.07) is 7.62. The second-order valence-corrected chi connectivity index (χ2v) is 7.97. The van der Waals surface area contributed by atoms with Gasteiger partial charge in [-0.2, -0.15) is 0 Å². The molecule has 1 saturated carbocycles. The van der Waals surface area contributed by atoms with Crippen molar-refractivity contribution < 1.29 is 9.53 Å². The fourth-order valence-electron chi connectivity index (χ4n) is 3.57. The van der Waals surface area contributed by atoms with Crippen LogP contribution in [0.3, 0.4) is 0 Å². The zero-order chi connectivity index (χ0) is 18.5. The molecule has 1 aliphatic carbocycles. The molecule has 0 saturated heterocycles. The maximum Gasteiger partial charge on any atom is 0.319 e. The van der Waals surface area contributed by atoms with Crippen molar-refractivity contribution in [1.29, 1.82) is 0 Å². The number of unbranched alkanes of at least 4 members (excludes halogenated alkanes) is 1. The van der Waals surface area contributed by atoms with E-state index in [2.05, 4.69) is 6.92 Å². The minimum atomic E-state index is -0.333. The van der Waals surface area contributed by atoms with E-state index in [4.69, 9.17) is 9.72 Å². The largest absolute Gasteiger partial charge is 0.468 e. The van der Waals surface area contributed by atoms with Crippen molar-refractivity contribution in [2.75, 3.05) is 7.11 Å². The van der Waals surface area contributed by atoms with Gasteiger partial charge in [0.2, 0.25) is 0 Å². The molecule has 5 nitrogen and oxygen atoms in total. The second kappa shape index (κ2) is 8.71. The zero-order valence-electron chi connectivity index (χ0n) is 15.4. The number of fused-ring (bicyclic) bond motifs is 1. The normalized spacial score (nSPS) is 16.1. The molecule has 26 heavy (non-hydrogen) atoms. The fourth-order valence-corrected chi connectivity index (χ4v) is 4.79. The lowest BCUT2D eigenvalue weighted by Gasteiger charge is -2.21. The number of carbonyl (C=O) groups is 1. The fraction of sp³-hybridized carbons (Fsp3) is 0.550. The van der Waals surface area contributed by atoms with Gasteiger partial charge in [0, 0.05) is 6.04 Å². The van der Waals surface area contributed by atoms with E-state index >= 15 is 0 Å². The number of esters is 1. The molecule has 0 radical (unpaired) electrons. The highest BCUT2D eigenvalue weighted by Crippen LogP contribution is 2.34. The summed E-state index contributed by atoms with van der Waals surface area (Å²) >= 11 is 1.38. The molecule has 0 bridgehead atoms. The highest BCUT2D eigenvalue weighted by Gasteiger charge is 2.27. The number of thioether (sulfide) groups is 1. The van der Waals surface area contributed by atoms with Crippen LogP contribution in [0.4, 0.5) is 0 Å². The molecule has 1 aromatic carbocycles. The average molecular weight is 375 g/mol. The molecule has 1 fully saturated rings. The van der Waals surface area contributed by atoms with Crippen LogP contribution in [-0.4, -0.2) is 27.9 Å². The Hall–Kier alpha value is -1.82. The molecule has 6 heteroatoms. The van der Waals surface area contributed by atoms with Gasteiger partial charge in [-0.25, -0.2) is 4.98 Å². The number of rotatable bonds is 7. The van der Waals surface area contributed by atoms with Crippen LogP contribution in [0, 0.1) is 0 Å². The molecule has 2 aromatic rings. The summed E-state index contributed by atoms with van der Waals surface area (Å²) in [6.45, 7) is 2.10. The van der Waals surface area contributed by atoms with Crippen LogP contribution in [0.5, 0.6) is 0 Å². The summed E-state index contributed by atoms with van der Waals surface area (Å²) in [5.74, 6) is -0.246. The molecule has 1 aliphatic rings. The van der Waals surface area contributed by atoms with Gasteiger partial charge in [-0.15, -0.1) is 0 Å². The van der Waals surface area contributed by atoms with Gasteiger partial charge in [-0.3, -0.25) is 14.2 Å². The van der Waals surface area contributed by atoms with Gasteiger partial charge in [-0.1, -0.05) is 56.5 Å². The molecule has 0 aliphatic heterocycles. The first-order valence-electron chi connectivity index (χ1n) is 9.41. The Morgan fingerprint density at radius 1 is 1.35 bits per heavy atom. The Morgan fingerprint density at radius 2 is 2.08 bits per heavy atom. The third kappa shape index (κ3) is 3.95. The van der Waals surface area contributed by atoms with E-state index in [0.29, 0.717) is 16.1 Å². The minimum Gasteiger partial charge on any atom is -0.468 e. The Morgan fingerprint density at radius 3 is 2.77 bits per heavy atom. The van der Waals surface area contributed by atoms with Crippen molar-refractivity contribution in [2.45, 2.75) is 68.3 Å². The predicted molar refractivity (Wildman–Crippen MR) is 105 cm³/mol. The Balaban J connectivity index is 2.05. The van der Waals surface area contributed by atoms with Crippen molar-refractivity contribution in [1.82, 2.24) is 9.55 Å². The molecule has 1 aromatic heterocycles. The molecule has 0 spiro atoms. The maximum absolute atomic E-state index is 13.2. The number of benzene rings is 1.